The number of phenolic OH excluding ortho intramolecular Hbond substituents is 1. The number of sulfonamides is 1. The van der Waals surface area contributed by atoms with Crippen LogP contribution in [0.1, 0.15) is 28.4 Å². The number of hydrogen-bond acceptors (Lipinski definition) is 9. The molecule has 0 radical (unpaired) electrons. The summed E-state index contributed by atoms with van der Waals surface area (Å²) in [6.07, 6.45) is 3.08. The van der Waals surface area contributed by atoms with Gasteiger partial charge in [0.25, 0.3) is 0 Å². The summed E-state index contributed by atoms with van der Waals surface area (Å²) < 4.78 is 23.6. The third kappa shape index (κ3) is 9.65. The first-order chi connectivity index (χ1) is 21.9. The van der Waals surface area contributed by atoms with Crippen molar-refractivity contribution >= 4 is 40.4 Å². The minimum atomic E-state index is -4.02. The fourth-order valence-corrected chi connectivity index (χ4v) is 5.40. The minimum Gasteiger partial charge on any atom is -0.508 e. The Hall–Kier alpha value is -4.70. The van der Waals surface area contributed by atoms with Crippen molar-refractivity contribution in [3.05, 3.63) is 114 Å². The van der Waals surface area contributed by atoms with E-state index >= 15 is 0 Å². The Bertz CT molecular complexity index is 1740. The number of nitrogens with one attached hydrogen (secondary N) is 4. The summed E-state index contributed by atoms with van der Waals surface area (Å²) in [4.78, 5) is 47.2. The number of aromatic hydroxyl groups is 1. The van der Waals surface area contributed by atoms with Crippen LogP contribution in [-0.2, 0) is 43.8 Å². The number of nitrogens with zero attached hydrogens (tertiary/aromatic N) is 1. The molecule has 0 saturated heterocycles. The smallest absolute Gasteiger partial charge is 0.243 e. The number of H-pyrrole nitrogens is 1. The highest BCUT2D eigenvalue weighted by atomic mass is 32.2. The minimum absolute atomic E-state index is 0.00307. The number of hydrogen-bond donors (Lipinski definition) is 8. The van der Waals surface area contributed by atoms with Gasteiger partial charge in [0.1, 0.15) is 17.8 Å². The third-order valence-electron chi connectivity index (χ3n) is 7.11. The van der Waals surface area contributed by atoms with Gasteiger partial charge in [0.2, 0.25) is 27.7 Å². The number of carbonyl (C=O) groups is 3. The summed E-state index contributed by atoms with van der Waals surface area (Å²) in [7, 11) is -4.02. The lowest BCUT2D eigenvalue weighted by molar-refractivity contribution is -0.132. The molecule has 9 N–H and O–H groups in total. The van der Waals surface area contributed by atoms with Crippen LogP contribution in [0.4, 0.5) is 0 Å². The lowest BCUT2D eigenvalue weighted by Gasteiger charge is -2.26. The van der Waals surface area contributed by atoms with E-state index in [4.69, 9.17) is 10.9 Å². The Morgan fingerprint density at radius 3 is 2.20 bits per heavy atom. The maximum absolute atomic E-state index is 13.8. The topological polar surface area (TPSA) is 222 Å². The molecule has 4 rings (SSSR count). The van der Waals surface area contributed by atoms with E-state index in [9.17, 15) is 27.9 Å². The molecule has 1 heterocycles. The second kappa shape index (κ2) is 15.5. The van der Waals surface area contributed by atoms with Crippen LogP contribution in [-0.4, -0.2) is 58.5 Å². The molecule has 0 bridgehead atoms. The van der Waals surface area contributed by atoms with Gasteiger partial charge in [0, 0.05) is 31.3 Å². The molecule has 3 aromatic carbocycles. The van der Waals surface area contributed by atoms with Crippen molar-refractivity contribution in [3.8, 4) is 5.75 Å². The van der Waals surface area contributed by atoms with Crippen molar-refractivity contribution in [2.24, 2.45) is 10.9 Å². The molecule has 0 aliphatic carbocycles. The maximum Gasteiger partial charge on any atom is 0.243 e. The number of aromatic nitrogens is 2. The number of benzene rings is 3. The molecule has 0 aliphatic heterocycles. The zero-order valence-electron chi connectivity index (χ0n) is 24.5. The van der Waals surface area contributed by atoms with Gasteiger partial charge in [0.05, 0.1) is 22.5 Å². The zero-order chi connectivity index (χ0) is 33.3. The molecule has 0 unspecified atom stereocenters. The first-order valence-electron chi connectivity index (χ1n) is 14.1. The summed E-state index contributed by atoms with van der Waals surface area (Å²) in [5, 5.41) is 22.0. The Kier molecular flexibility index (Phi) is 11.5. The van der Waals surface area contributed by atoms with Gasteiger partial charge < -0.3 is 31.8 Å². The molecule has 4 atom stereocenters. The largest absolute Gasteiger partial charge is 0.508 e. The second-order valence-corrected chi connectivity index (χ2v) is 12.7. The van der Waals surface area contributed by atoms with Gasteiger partial charge in [-0.1, -0.05) is 54.6 Å². The molecular weight excluding hydrogens is 631 g/mol. The van der Waals surface area contributed by atoms with Gasteiger partial charge in [-0.3, -0.25) is 14.4 Å². The van der Waals surface area contributed by atoms with Gasteiger partial charge >= 0.3 is 0 Å². The van der Waals surface area contributed by atoms with E-state index in [1.165, 1.54) is 48.9 Å². The van der Waals surface area contributed by atoms with Crippen LogP contribution < -0.4 is 26.8 Å². The van der Waals surface area contributed by atoms with Crippen LogP contribution in [0.15, 0.2) is 96.3 Å². The van der Waals surface area contributed by atoms with Crippen LogP contribution in [0.5, 0.6) is 5.75 Å². The Morgan fingerprint density at radius 1 is 0.870 bits per heavy atom. The van der Waals surface area contributed by atoms with Gasteiger partial charge in [0.15, 0.2) is 0 Å². The average molecular weight is 666 g/mol. The summed E-state index contributed by atoms with van der Waals surface area (Å²) in [6.45, 7) is 0.231. The molecule has 242 valence electrons. The molecule has 15 heteroatoms. The highest BCUT2D eigenvalue weighted by Gasteiger charge is 2.31. The number of phenols is 1. The number of primary sulfonamides is 1. The molecular formula is C31H35N7O6S2. The second-order valence-electron chi connectivity index (χ2n) is 10.6. The van der Waals surface area contributed by atoms with Crippen molar-refractivity contribution in [2.45, 2.75) is 47.7 Å². The first kappa shape index (κ1) is 34.2. The maximum atomic E-state index is 13.8. The van der Waals surface area contributed by atoms with Crippen molar-refractivity contribution in [2.75, 3.05) is 0 Å². The Morgan fingerprint density at radius 2 is 1.54 bits per heavy atom. The Labute approximate surface area is 271 Å². The van der Waals surface area contributed by atoms with Crippen LogP contribution in [0.3, 0.4) is 0 Å². The quantitative estimate of drug-likeness (QED) is 0.0899. The summed E-state index contributed by atoms with van der Waals surface area (Å²) in [6, 6.07) is 17.6. The van der Waals surface area contributed by atoms with Gasteiger partial charge in [-0.2, -0.15) is 12.6 Å². The van der Waals surface area contributed by atoms with Crippen LogP contribution in [0, 0.1) is 0 Å². The number of rotatable bonds is 14. The molecule has 13 nitrogen and oxygen atoms in total. The third-order valence-corrected chi connectivity index (χ3v) is 8.58. The van der Waals surface area contributed by atoms with Crippen LogP contribution in [0.25, 0.3) is 0 Å². The van der Waals surface area contributed by atoms with Gasteiger partial charge in [-0.25, -0.2) is 18.5 Å². The molecule has 0 saturated carbocycles. The highest BCUT2D eigenvalue weighted by molar-refractivity contribution is 7.89. The van der Waals surface area contributed by atoms with Crippen molar-refractivity contribution in [3.63, 3.8) is 0 Å². The lowest BCUT2D eigenvalue weighted by Crippen LogP contribution is -2.56. The van der Waals surface area contributed by atoms with E-state index in [0.29, 0.717) is 11.3 Å². The molecule has 3 amide bonds. The molecule has 4 aromatic rings. The molecule has 46 heavy (non-hydrogen) atoms. The lowest BCUT2D eigenvalue weighted by atomic mass is 10.0. The van der Waals surface area contributed by atoms with Crippen molar-refractivity contribution in [1.82, 2.24) is 25.9 Å². The normalized spacial score (nSPS) is 14.0. The number of thiol groups is 1. The average Bonchev–Trinajstić information content (AvgIpc) is 3.56. The highest BCUT2D eigenvalue weighted by Crippen LogP contribution is 2.22. The standard InChI is InChI=1S/C31H35N7O6S2/c32-27(21-7-4-8-24(14-21)46(33,43)44)28(45)31(42)38-25(13-19-9-11-23(39)12-10-19)30(41)37-26(15-22-17-34-18-36-22)29(40)35-16-20-5-2-1-3-6-20/h1-12,14,17-18,25-28,39,45H,13,15-16,32H2,(H,34,36)(H,35,40)(H,37,41)(H,38,42)(H2,33,43,44)/t25-,26-,27+,28+/m0/s1. The number of nitrogens with two attached hydrogens (primary N) is 2. The van der Waals surface area contributed by atoms with E-state index in [-0.39, 0.29) is 35.6 Å². The fraction of sp³-hybridized carbons (Fsp3) is 0.226. The predicted octanol–water partition coefficient (Wildman–Crippen LogP) is 0.832. The van der Waals surface area contributed by atoms with Gasteiger partial charge in [-0.05, 0) is 41.0 Å². The summed E-state index contributed by atoms with van der Waals surface area (Å²) in [5.74, 6) is -1.81. The molecule has 0 fully saturated rings. The summed E-state index contributed by atoms with van der Waals surface area (Å²) >= 11 is 4.39. The van der Waals surface area contributed by atoms with Crippen molar-refractivity contribution in [1.29, 1.82) is 0 Å². The SMILES string of the molecule is N[C@H](c1cccc(S(N)(=O)=O)c1)[C@@H](S)C(=O)N[C@@H](Cc1ccc(O)cc1)C(=O)N[C@@H](Cc1cnc[nH]1)C(=O)NCc1ccccc1. The molecule has 1 aromatic heterocycles. The van der Waals surface area contributed by atoms with E-state index < -0.39 is 51.1 Å². The van der Waals surface area contributed by atoms with Crippen LogP contribution >= 0.6 is 12.6 Å². The number of amides is 3. The Balaban J connectivity index is 1.54. The monoisotopic (exact) mass is 665 g/mol. The predicted molar refractivity (Wildman–Crippen MR) is 174 cm³/mol. The first-order valence-corrected chi connectivity index (χ1v) is 16.2. The van der Waals surface area contributed by atoms with E-state index in [1.54, 1.807) is 12.1 Å². The van der Waals surface area contributed by atoms with Gasteiger partial charge in [-0.15, -0.1) is 0 Å². The van der Waals surface area contributed by atoms with E-state index in [2.05, 4.69) is 38.5 Å². The van der Waals surface area contributed by atoms with E-state index in [0.717, 1.165) is 5.56 Å². The van der Waals surface area contributed by atoms with Crippen LogP contribution in [0.2, 0.25) is 0 Å². The number of imidazole rings is 1. The molecule has 0 spiro atoms. The zero-order valence-corrected chi connectivity index (χ0v) is 26.2. The summed E-state index contributed by atoms with van der Waals surface area (Å²) in [5.41, 5.74) is 8.65. The molecule has 0 aliphatic rings. The number of aromatic amines is 1. The fourth-order valence-electron chi connectivity index (χ4n) is 4.58. The number of carbonyl (C=O) groups excluding carboxylic acids is 3. The van der Waals surface area contributed by atoms with E-state index in [1.807, 2.05) is 30.3 Å². The van der Waals surface area contributed by atoms with Crippen molar-refractivity contribution < 1.29 is 27.9 Å².